The second kappa shape index (κ2) is 5.67. The van der Waals surface area contributed by atoms with Crippen LogP contribution in [0.15, 0.2) is 23.1 Å². The molecule has 1 aromatic carbocycles. The molecule has 1 aliphatic rings. The second-order valence-electron chi connectivity index (χ2n) is 4.58. The molecule has 0 aromatic heterocycles. The summed E-state index contributed by atoms with van der Waals surface area (Å²) in [6, 6.07) is 2.48. The molecule has 0 radical (unpaired) electrons. The molecular weight excluding hydrogens is 309 g/mol. The van der Waals surface area contributed by atoms with E-state index in [9.17, 15) is 17.6 Å². The molecule has 1 heterocycles. The van der Waals surface area contributed by atoms with Gasteiger partial charge in [-0.3, -0.25) is 4.79 Å². The van der Waals surface area contributed by atoms with Gasteiger partial charge in [-0.25, -0.2) is 12.8 Å². The molecule has 0 saturated carbocycles. The van der Waals surface area contributed by atoms with Crippen LogP contribution in [-0.4, -0.2) is 36.4 Å². The van der Waals surface area contributed by atoms with E-state index in [4.69, 9.17) is 16.7 Å². The Kier molecular flexibility index (Phi) is 4.31. The van der Waals surface area contributed by atoms with Crippen LogP contribution < -0.4 is 0 Å². The predicted octanol–water partition coefficient (Wildman–Crippen LogP) is 2.11. The van der Waals surface area contributed by atoms with Gasteiger partial charge in [-0.05, 0) is 31.0 Å². The first kappa shape index (κ1) is 15.2. The number of benzene rings is 1. The largest absolute Gasteiger partial charge is 0.481 e. The zero-order valence-electron chi connectivity index (χ0n) is 10.4. The van der Waals surface area contributed by atoms with Gasteiger partial charge in [0.05, 0.1) is 11.4 Å². The molecule has 1 fully saturated rings. The van der Waals surface area contributed by atoms with Crippen LogP contribution in [0.4, 0.5) is 4.39 Å². The van der Waals surface area contributed by atoms with Crippen molar-refractivity contribution >= 4 is 27.6 Å². The lowest BCUT2D eigenvalue weighted by atomic mass is 10.2. The summed E-state index contributed by atoms with van der Waals surface area (Å²) in [6.07, 6.45) is 0.773. The number of aliphatic carboxylic acids is 1. The van der Waals surface area contributed by atoms with E-state index >= 15 is 0 Å². The first-order chi connectivity index (χ1) is 9.32. The molecule has 8 heteroatoms. The zero-order chi connectivity index (χ0) is 14.9. The molecule has 0 bridgehead atoms. The monoisotopic (exact) mass is 321 g/mol. The molecule has 0 spiro atoms. The lowest BCUT2D eigenvalue weighted by Gasteiger charge is -2.23. The molecule has 1 aliphatic heterocycles. The second-order valence-corrected chi connectivity index (χ2v) is 6.85. The summed E-state index contributed by atoms with van der Waals surface area (Å²) in [4.78, 5) is 10.5. The first-order valence-corrected chi connectivity index (χ1v) is 7.83. The van der Waals surface area contributed by atoms with Gasteiger partial charge in [-0.15, -0.1) is 0 Å². The van der Waals surface area contributed by atoms with Crippen LogP contribution in [0.3, 0.4) is 0 Å². The average molecular weight is 322 g/mol. The molecule has 2 rings (SSSR count). The Morgan fingerprint density at radius 2 is 2.20 bits per heavy atom. The highest BCUT2D eigenvalue weighted by molar-refractivity contribution is 7.89. The van der Waals surface area contributed by atoms with Crippen molar-refractivity contribution in [2.45, 2.75) is 30.2 Å². The van der Waals surface area contributed by atoms with Gasteiger partial charge < -0.3 is 5.11 Å². The van der Waals surface area contributed by atoms with Gasteiger partial charge in [0, 0.05) is 12.6 Å². The molecule has 1 unspecified atom stereocenters. The van der Waals surface area contributed by atoms with Gasteiger partial charge in [0.15, 0.2) is 0 Å². The van der Waals surface area contributed by atoms with E-state index in [1.807, 2.05) is 0 Å². The van der Waals surface area contributed by atoms with Crippen molar-refractivity contribution in [3.8, 4) is 0 Å². The number of halogens is 2. The van der Waals surface area contributed by atoms with Crippen LogP contribution in [-0.2, 0) is 14.8 Å². The molecule has 0 aliphatic carbocycles. The summed E-state index contributed by atoms with van der Waals surface area (Å²) in [7, 11) is -3.99. The van der Waals surface area contributed by atoms with Crippen molar-refractivity contribution in [1.29, 1.82) is 0 Å². The van der Waals surface area contributed by atoms with Crippen LogP contribution in [0.2, 0.25) is 5.02 Å². The maximum atomic E-state index is 13.2. The summed E-state index contributed by atoms with van der Waals surface area (Å²) in [5, 5.41) is 8.74. The molecule has 20 heavy (non-hydrogen) atoms. The van der Waals surface area contributed by atoms with Gasteiger partial charge >= 0.3 is 5.97 Å². The Morgan fingerprint density at radius 1 is 1.50 bits per heavy atom. The Balaban J connectivity index is 2.39. The molecule has 1 N–H and O–H groups in total. The quantitative estimate of drug-likeness (QED) is 0.921. The van der Waals surface area contributed by atoms with E-state index < -0.39 is 27.9 Å². The lowest BCUT2D eigenvalue weighted by Crippen LogP contribution is -2.37. The van der Waals surface area contributed by atoms with Crippen LogP contribution in [0.25, 0.3) is 0 Å². The van der Waals surface area contributed by atoms with E-state index in [1.54, 1.807) is 0 Å². The third-order valence-electron chi connectivity index (χ3n) is 3.21. The fourth-order valence-corrected chi connectivity index (χ4v) is 4.51. The minimum Gasteiger partial charge on any atom is -0.481 e. The van der Waals surface area contributed by atoms with Crippen LogP contribution in [0, 0.1) is 5.82 Å². The Hall–Kier alpha value is -1.18. The fourth-order valence-electron chi connectivity index (χ4n) is 2.33. The van der Waals surface area contributed by atoms with Crippen molar-refractivity contribution in [1.82, 2.24) is 4.31 Å². The maximum absolute atomic E-state index is 13.2. The van der Waals surface area contributed by atoms with Gasteiger partial charge in [0.1, 0.15) is 10.7 Å². The Morgan fingerprint density at radius 3 is 2.85 bits per heavy atom. The Labute approximate surface area is 121 Å². The van der Waals surface area contributed by atoms with E-state index in [0.29, 0.717) is 12.8 Å². The topological polar surface area (TPSA) is 74.7 Å². The molecule has 1 aromatic rings. The third-order valence-corrected chi connectivity index (χ3v) is 5.65. The number of hydrogen-bond donors (Lipinski definition) is 1. The number of carbonyl (C=O) groups is 1. The number of rotatable bonds is 4. The summed E-state index contributed by atoms with van der Waals surface area (Å²) in [5.41, 5.74) is 0. The summed E-state index contributed by atoms with van der Waals surface area (Å²) in [5.74, 6) is -1.77. The number of nitrogens with zero attached hydrogens (tertiary/aromatic N) is 1. The summed E-state index contributed by atoms with van der Waals surface area (Å²) in [6.45, 7) is 0.215. The van der Waals surface area contributed by atoms with Crippen molar-refractivity contribution in [2.24, 2.45) is 0 Å². The van der Waals surface area contributed by atoms with Crippen molar-refractivity contribution in [3.05, 3.63) is 29.0 Å². The minimum absolute atomic E-state index is 0.0765. The van der Waals surface area contributed by atoms with Gasteiger partial charge in [0.2, 0.25) is 10.0 Å². The van der Waals surface area contributed by atoms with Crippen molar-refractivity contribution in [2.75, 3.05) is 6.54 Å². The molecule has 1 saturated heterocycles. The maximum Gasteiger partial charge on any atom is 0.304 e. The van der Waals surface area contributed by atoms with E-state index in [2.05, 4.69) is 0 Å². The molecule has 1 atom stereocenters. The molecular formula is C12H13ClFNO4S. The van der Waals surface area contributed by atoms with E-state index in [-0.39, 0.29) is 22.9 Å². The SMILES string of the molecule is O=C(O)CC1CCCN1S(=O)(=O)c1cc(F)ccc1Cl. The number of carboxylic acids is 1. The summed E-state index contributed by atoms with van der Waals surface area (Å²) < 4.78 is 39.3. The van der Waals surface area contributed by atoms with E-state index in [1.165, 1.54) is 6.07 Å². The highest BCUT2D eigenvalue weighted by atomic mass is 35.5. The minimum atomic E-state index is -3.99. The normalized spacial score (nSPS) is 20.2. The van der Waals surface area contributed by atoms with Crippen LogP contribution in [0.1, 0.15) is 19.3 Å². The average Bonchev–Trinajstić information content (AvgIpc) is 2.80. The number of hydrogen-bond acceptors (Lipinski definition) is 3. The molecule has 0 amide bonds. The van der Waals surface area contributed by atoms with E-state index in [0.717, 1.165) is 16.4 Å². The molecule has 5 nitrogen and oxygen atoms in total. The van der Waals surface area contributed by atoms with Crippen LogP contribution in [0.5, 0.6) is 0 Å². The lowest BCUT2D eigenvalue weighted by molar-refractivity contribution is -0.137. The number of sulfonamides is 1. The number of carboxylic acid groups (broad SMARTS) is 1. The smallest absolute Gasteiger partial charge is 0.304 e. The highest BCUT2D eigenvalue weighted by Gasteiger charge is 2.37. The highest BCUT2D eigenvalue weighted by Crippen LogP contribution is 2.31. The van der Waals surface area contributed by atoms with Crippen molar-refractivity contribution in [3.63, 3.8) is 0 Å². The zero-order valence-corrected chi connectivity index (χ0v) is 12.0. The van der Waals surface area contributed by atoms with Gasteiger partial charge in [-0.1, -0.05) is 11.6 Å². The summed E-state index contributed by atoms with van der Waals surface area (Å²) >= 11 is 5.82. The molecule has 110 valence electrons. The Bertz CT molecular complexity index is 634. The standard InChI is InChI=1S/C12H13ClFNO4S/c13-10-4-3-8(14)6-11(10)20(18,19)15-5-1-2-9(15)7-12(16)17/h3-4,6,9H,1-2,5,7H2,(H,16,17). The van der Waals surface area contributed by atoms with Crippen LogP contribution >= 0.6 is 11.6 Å². The first-order valence-electron chi connectivity index (χ1n) is 6.01. The fraction of sp³-hybridized carbons (Fsp3) is 0.417. The third kappa shape index (κ3) is 2.94. The van der Waals surface area contributed by atoms with Gasteiger partial charge in [0.25, 0.3) is 0 Å². The van der Waals surface area contributed by atoms with Crippen molar-refractivity contribution < 1.29 is 22.7 Å². The van der Waals surface area contributed by atoms with Gasteiger partial charge in [-0.2, -0.15) is 4.31 Å². The predicted molar refractivity (Wildman–Crippen MR) is 70.6 cm³/mol.